The van der Waals surface area contributed by atoms with E-state index >= 15 is 0 Å². The first-order chi connectivity index (χ1) is 15.5. The molecule has 1 amide bonds. The maximum atomic E-state index is 13.0. The molecule has 1 N–H and O–H groups in total. The minimum atomic E-state index is 0.00328. The molecule has 3 aromatic rings. The summed E-state index contributed by atoms with van der Waals surface area (Å²) in [6.07, 6.45) is 2.16. The smallest absolute Gasteiger partial charge is 0.272 e. The first-order valence-corrected chi connectivity index (χ1v) is 11.5. The predicted octanol–water partition coefficient (Wildman–Crippen LogP) is 4.83. The van der Waals surface area contributed by atoms with Crippen LogP contribution in [0.2, 0.25) is 0 Å². The van der Waals surface area contributed by atoms with Gasteiger partial charge in [0.25, 0.3) is 5.91 Å². The van der Waals surface area contributed by atoms with Gasteiger partial charge in [0.2, 0.25) is 0 Å². The van der Waals surface area contributed by atoms with Crippen molar-refractivity contribution in [2.75, 3.05) is 37.7 Å². The summed E-state index contributed by atoms with van der Waals surface area (Å²) in [5.74, 6) is 0.860. The SMILES string of the molecule is CCCCOc1ccc(-c2cc(C(=O)N3CCN(c4ccc(C)cc4C)CC3)[nH]n2)cc1. The Bertz CT molecular complexity index is 1050. The number of rotatable bonds is 7. The van der Waals surface area contributed by atoms with Crippen molar-refractivity contribution in [3.63, 3.8) is 0 Å². The Labute approximate surface area is 190 Å². The highest BCUT2D eigenvalue weighted by atomic mass is 16.5. The lowest BCUT2D eigenvalue weighted by molar-refractivity contribution is 0.0741. The van der Waals surface area contributed by atoms with Gasteiger partial charge in [0.15, 0.2) is 0 Å². The molecule has 1 aromatic heterocycles. The number of aromatic nitrogens is 2. The Morgan fingerprint density at radius 3 is 2.47 bits per heavy atom. The van der Waals surface area contributed by atoms with Crippen molar-refractivity contribution in [3.05, 3.63) is 65.4 Å². The summed E-state index contributed by atoms with van der Waals surface area (Å²) >= 11 is 0. The number of hydrogen-bond donors (Lipinski definition) is 1. The molecule has 168 valence electrons. The molecular weight excluding hydrogens is 400 g/mol. The lowest BCUT2D eigenvalue weighted by atomic mass is 10.1. The molecule has 1 aliphatic rings. The van der Waals surface area contributed by atoms with Crippen LogP contribution in [0.25, 0.3) is 11.3 Å². The second-order valence-corrected chi connectivity index (χ2v) is 8.46. The number of nitrogens with one attached hydrogen (secondary N) is 1. The molecule has 0 bridgehead atoms. The molecule has 0 saturated carbocycles. The predicted molar refractivity (Wildman–Crippen MR) is 128 cm³/mol. The van der Waals surface area contributed by atoms with Crippen LogP contribution in [0.5, 0.6) is 5.75 Å². The first kappa shape index (κ1) is 21.9. The summed E-state index contributed by atoms with van der Waals surface area (Å²) in [6, 6.07) is 16.2. The van der Waals surface area contributed by atoms with Crippen LogP contribution in [0.15, 0.2) is 48.5 Å². The molecule has 6 heteroatoms. The summed E-state index contributed by atoms with van der Waals surface area (Å²) in [5.41, 5.74) is 6.07. The van der Waals surface area contributed by atoms with Crippen molar-refractivity contribution in [3.8, 4) is 17.0 Å². The minimum absolute atomic E-state index is 0.00328. The normalized spacial score (nSPS) is 14.0. The standard InChI is InChI=1S/C26H32N4O2/c1-4-5-16-32-22-9-7-21(8-10-22)23-18-24(28-27-23)26(31)30-14-12-29(13-15-30)25-11-6-19(2)17-20(25)3/h6-11,17-18H,4-5,12-16H2,1-3H3,(H,27,28). The van der Waals surface area contributed by atoms with E-state index in [-0.39, 0.29) is 5.91 Å². The van der Waals surface area contributed by atoms with Gasteiger partial charge in [-0.15, -0.1) is 0 Å². The molecule has 6 nitrogen and oxygen atoms in total. The molecular formula is C26H32N4O2. The summed E-state index contributed by atoms with van der Waals surface area (Å²) in [5, 5.41) is 7.30. The number of benzene rings is 2. The molecule has 1 saturated heterocycles. The van der Waals surface area contributed by atoms with E-state index in [0.29, 0.717) is 18.8 Å². The molecule has 0 radical (unpaired) electrons. The fraction of sp³-hybridized carbons (Fsp3) is 0.385. The third-order valence-corrected chi connectivity index (χ3v) is 5.98. The maximum absolute atomic E-state index is 13.0. The van der Waals surface area contributed by atoms with Gasteiger partial charge in [0, 0.05) is 37.4 Å². The molecule has 32 heavy (non-hydrogen) atoms. The highest BCUT2D eigenvalue weighted by molar-refractivity contribution is 5.93. The largest absolute Gasteiger partial charge is 0.494 e. The monoisotopic (exact) mass is 432 g/mol. The zero-order chi connectivity index (χ0) is 22.5. The van der Waals surface area contributed by atoms with Crippen molar-refractivity contribution in [2.45, 2.75) is 33.6 Å². The Hall–Kier alpha value is -3.28. The molecule has 1 aliphatic heterocycles. The fourth-order valence-electron chi connectivity index (χ4n) is 4.12. The van der Waals surface area contributed by atoms with Crippen LogP contribution in [-0.2, 0) is 0 Å². The zero-order valence-electron chi connectivity index (χ0n) is 19.2. The second kappa shape index (κ2) is 9.90. The fourth-order valence-corrected chi connectivity index (χ4v) is 4.12. The topological polar surface area (TPSA) is 61.5 Å². The number of anilines is 1. The lowest BCUT2D eigenvalue weighted by Crippen LogP contribution is -2.49. The molecule has 0 atom stereocenters. The van der Waals surface area contributed by atoms with Gasteiger partial charge in [-0.2, -0.15) is 5.10 Å². The third-order valence-electron chi connectivity index (χ3n) is 5.98. The second-order valence-electron chi connectivity index (χ2n) is 8.46. The zero-order valence-corrected chi connectivity index (χ0v) is 19.2. The van der Waals surface area contributed by atoms with Gasteiger partial charge in [0.1, 0.15) is 11.4 Å². The van der Waals surface area contributed by atoms with Gasteiger partial charge in [-0.1, -0.05) is 31.0 Å². The Kier molecular flexibility index (Phi) is 6.78. The van der Waals surface area contributed by atoms with Gasteiger partial charge in [-0.05, 0) is 62.2 Å². The number of nitrogens with zero attached hydrogens (tertiary/aromatic N) is 3. The number of H-pyrrole nitrogens is 1. The number of aryl methyl sites for hydroxylation is 2. The molecule has 0 aliphatic carbocycles. The molecule has 0 unspecified atom stereocenters. The highest BCUT2D eigenvalue weighted by Crippen LogP contribution is 2.24. The summed E-state index contributed by atoms with van der Waals surface area (Å²) < 4.78 is 5.72. The average molecular weight is 433 g/mol. The highest BCUT2D eigenvalue weighted by Gasteiger charge is 2.24. The molecule has 2 heterocycles. The van der Waals surface area contributed by atoms with Crippen molar-refractivity contribution >= 4 is 11.6 Å². The number of carbonyl (C=O) groups is 1. The number of aromatic amines is 1. The van der Waals surface area contributed by atoms with E-state index in [4.69, 9.17) is 4.74 Å². The van der Waals surface area contributed by atoms with Crippen LogP contribution in [0.3, 0.4) is 0 Å². The Morgan fingerprint density at radius 2 is 1.78 bits per heavy atom. The van der Waals surface area contributed by atoms with Crippen LogP contribution in [-0.4, -0.2) is 53.8 Å². The Balaban J connectivity index is 1.36. The van der Waals surface area contributed by atoms with Gasteiger partial charge in [-0.25, -0.2) is 0 Å². The van der Waals surface area contributed by atoms with Crippen molar-refractivity contribution in [1.82, 2.24) is 15.1 Å². The lowest BCUT2D eigenvalue weighted by Gasteiger charge is -2.36. The van der Waals surface area contributed by atoms with E-state index in [1.807, 2.05) is 35.2 Å². The summed E-state index contributed by atoms with van der Waals surface area (Å²) in [6.45, 7) is 10.2. The first-order valence-electron chi connectivity index (χ1n) is 11.5. The number of amides is 1. The van der Waals surface area contributed by atoms with Crippen LogP contribution in [0.1, 0.15) is 41.4 Å². The number of carbonyl (C=O) groups excluding carboxylic acids is 1. The van der Waals surface area contributed by atoms with Gasteiger partial charge < -0.3 is 14.5 Å². The summed E-state index contributed by atoms with van der Waals surface area (Å²) in [7, 11) is 0. The van der Waals surface area contributed by atoms with E-state index in [1.165, 1.54) is 16.8 Å². The van der Waals surface area contributed by atoms with Gasteiger partial charge in [-0.3, -0.25) is 9.89 Å². The Morgan fingerprint density at radius 1 is 1.03 bits per heavy atom. The van der Waals surface area contributed by atoms with Crippen LogP contribution in [0.4, 0.5) is 5.69 Å². The van der Waals surface area contributed by atoms with E-state index < -0.39 is 0 Å². The van der Waals surface area contributed by atoms with E-state index in [1.54, 1.807) is 0 Å². The molecule has 0 spiro atoms. The van der Waals surface area contributed by atoms with E-state index in [0.717, 1.165) is 49.5 Å². The molecule has 4 rings (SSSR count). The quantitative estimate of drug-likeness (QED) is 0.543. The van der Waals surface area contributed by atoms with Crippen LogP contribution >= 0.6 is 0 Å². The molecule has 1 fully saturated rings. The number of hydrogen-bond acceptors (Lipinski definition) is 4. The number of piperazine rings is 1. The average Bonchev–Trinajstić information content (AvgIpc) is 3.30. The molecule has 2 aromatic carbocycles. The third kappa shape index (κ3) is 4.96. The van der Waals surface area contributed by atoms with Crippen LogP contribution < -0.4 is 9.64 Å². The summed E-state index contributed by atoms with van der Waals surface area (Å²) in [4.78, 5) is 17.3. The number of ether oxygens (including phenoxy) is 1. The van der Waals surface area contributed by atoms with Gasteiger partial charge in [0.05, 0.1) is 12.3 Å². The minimum Gasteiger partial charge on any atom is -0.494 e. The van der Waals surface area contributed by atoms with E-state index in [2.05, 4.69) is 54.1 Å². The van der Waals surface area contributed by atoms with Crippen molar-refractivity contribution in [1.29, 1.82) is 0 Å². The van der Waals surface area contributed by atoms with Crippen molar-refractivity contribution < 1.29 is 9.53 Å². The number of unbranched alkanes of at least 4 members (excludes halogenated alkanes) is 1. The maximum Gasteiger partial charge on any atom is 0.272 e. The van der Waals surface area contributed by atoms with E-state index in [9.17, 15) is 4.79 Å². The van der Waals surface area contributed by atoms with Crippen molar-refractivity contribution in [2.24, 2.45) is 0 Å². The van der Waals surface area contributed by atoms with Gasteiger partial charge >= 0.3 is 0 Å². The van der Waals surface area contributed by atoms with Crippen LogP contribution in [0, 0.1) is 13.8 Å².